The van der Waals surface area contributed by atoms with Crippen molar-refractivity contribution in [3.8, 4) is 0 Å². The Morgan fingerprint density at radius 3 is 2.38 bits per heavy atom. The quantitative estimate of drug-likeness (QED) is 0.884. The number of aromatic amines is 1. The standard InChI is InChI=1S/C15H20N2O4/c1-10-6-7-11(12(18)16-10)13(19)17(2)15(14(20)21)8-4-3-5-9-15/h6-7H,3-5,8-9H2,1-2H3,(H,16,18)(H,20,21). The van der Waals surface area contributed by atoms with Gasteiger partial charge in [0.25, 0.3) is 11.5 Å². The first-order chi connectivity index (χ1) is 9.88. The van der Waals surface area contributed by atoms with Crippen LogP contribution in [0.25, 0.3) is 0 Å². The van der Waals surface area contributed by atoms with Crippen LogP contribution in [-0.2, 0) is 4.79 Å². The smallest absolute Gasteiger partial charge is 0.329 e. The summed E-state index contributed by atoms with van der Waals surface area (Å²) in [6.07, 6.45) is 3.37. The van der Waals surface area contributed by atoms with E-state index in [1.807, 2.05) is 0 Å². The number of likely N-dealkylation sites (N-methyl/N-ethyl adjacent to an activating group) is 1. The lowest BCUT2D eigenvalue weighted by Gasteiger charge is -2.40. The first kappa shape index (κ1) is 15.3. The van der Waals surface area contributed by atoms with E-state index in [9.17, 15) is 19.5 Å². The zero-order chi connectivity index (χ0) is 15.6. The maximum absolute atomic E-state index is 12.5. The molecule has 1 saturated carbocycles. The monoisotopic (exact) mass is 292 g/mol. The molecule has 6 nitrogen and oxygen atoms in total. The van der Waals surface area contributed by atoms with E-state index in [1.165, 1.54) is 18.0 Å². The van der Waals surface area contributed by atoms with Gasteiger partial charge in [-0.1, -0.05) is 19.3 Å². The molecule has 0 atom stereocenters. The van der Waals surface area contributed by atoms with E-state index in [4.69, 9.17) is 0 Å². The van der Waals surface area contributed by atoms with Crippen molar-refractivity contribution in [1.82, 2.24) is 9.88 Å². The van der Waals surface area contributed by atoms with Gasteiger partial charge in [-0.25, -0.2) is 4.79 Å². The van der Waals surface area contributed by atoms with Crippen LogP contribution >= 0.6 is 0 Å². The van der Waals surface area contributed by atoms with Crippen molar-refractivity contribution < 1.29 is 14.7 Å². The highest BCUT2D eigenvalue weighted by Gasteiger charge is 2.45. The molecule has 1 aromatic heterocycles. The van der Waals surface area contributed by atoms with Crippen LogP contribution in [-0.4, -0.2) is 39.5 Å². The first-order valence-corrected chi connectivity index (χ1v) is 7.10. The van der Waals surface area contributed by atoms with Crippen LogP contribution in [0.2, 0.25) is 0 Å². The lowest BCUT2D eigenvalue weighted by molar-refractivity contribution is -0.151. The van der Waals surface area contributed by atoms with E-state index in [-0.39, 0.29) is 5.56 Å². The third-order valence-corrected chi connectivity index (χ3v) is 4.31. The molecule has 0 aliphatic heterocycles. The molecule has 21 heavy (non-hydrogen) atoms. The van der Waals surface area contributed by atoms with Crippen LogP contribution < -0.4 is 5.56 Å². The zero-order valence-electron chi connectivity index (χ0n) is 12.3. The minimum atomic E-state index is -1.20. The Morgan fingerprint density at radius 2 is 1.86 bits per heavy atom. The van der Waals surface area contributed by atoms with E-state index in [0.29, 0.717) is 18.5 Å². The Hall–Kier alpha value is -2.11. The fourth-order valence-electron chi connectivity index (χ4n) is 2.94. The molecule has 1 aliphatic rings. The predicted octanol–water partition coefficient (Wildman–Crippen LogP) is 1.54. The van der Waals surface area contributed by atoms with E-state index in [0.717, 1.165) is 19.3 Å². The van der Waals surface area contributed by atoms with Crippen LogP contribution in [0.1, 0.15) is 48.2 Å². The van der Waals surface area contributed by atoms with Crippen molar-refractivity contribution >= 4 is 11.9 Å². The number of aryl methyl sites for hydroxylation is 1. The SMILES string of the molecule is Cc1ccc(C(=O)N(C)C2(C(=O)O)CCCCC2)c(=O)[nH]1. The molecule has 1 heterocycles. The molecule has 114 valence electrons. The van der Waals surface area contributed by atoms with E-state index in [1.54, 1.807) is 13.0 Å². The highest BCUT2D eigenvalue weighted by molar-refractivity contribution is 5.97. The number of nitrogens with one attached hydrogen (secondary N) is 1. The van der Waals surface area contributed by atoms with E-state index < -0.39 is 23.0 Å². The van der Waals surface area contributed by atoms with Gasteiger partial charge >= 0.3 is 5.97 Å². The molecular weight excluding hydrogens is 272 g/mol. The summed E-state index contributed by atoms with van der Waals surface area (Å²) < 4.78 is 0. The molecule has 1 fully saturated rings. The Kier molecular flexibility index (Phi) is 4.16. The predicted molar refractivity (Wildman–Crippen MR) is 77.3 cm³/mol. The molecule has 0 radical (unpaired) electrons. The van der Waals surface area contributed by atoms with Crippen LogP contribution in [0.4, 0.5) is 0 Å². The van der Waals surface area contributed by atoms with Gasteiger partial charge < -0.3 is 15.0 Å². The van der Waals surface area contributed by atoms with Gasteiger partial charge in [-0.2, -0.15) is 0 Å². The second kappa shape index (κ2) is 5.71. The number of carbonyl (C=O) groups excluding carboxylic acids is 1. The van der Waals surface area contributed by atoms with Crippen LogP contribution in [0.3, 0.4) is 0 Å². The maximum Gasteiger partial charge on any atom is 0.329 e. The Morgan fingerprint density at radius 1 is 1.24 bits per heavy atom. The van der Waals surface area contributed by atoms with Crippen molar-refractivity contribution in [2.45, 2.75) is 44.6 Å². The number of hydrogen-bond donors (Lipinski definition) is 2. The van der Waals surface area contributed by atoms with Crippen molar-refractivity contribution in [2.24, 2.45) is 0 Å². The van der Waals surface area contributed by atoms with Crippen LogP contribution in [0.15, 0.2) is 16.9 Å². The largest absolute Gasteiger partial charge is 0.479 e. The lowest BCUT2D eigenvalue weighted by Crippen LogP contribution is -2.56. The number of pyridine rings is 1. The molecular formula is C15H20N2O4. The van der Waals surface area contributed by atoms with Crippen molar-refractivity contribution in [2.75, 3.05) is 7.05 Å². The number of nitrogens with zero attached hydrogens (tertiary/aromatic N) is 1. The third-order valence-electron chi connectivity index (χ3n) is 4.31. The van der Waals surface area contributed by atoms with E-state index >= 15 is 0 Å². The number of carboxylic acid groups (broad SMARTS) is 1. The molecule has 1 amide bonds. The van der Waals surface area contributed by atoms with Gasteiger partial charge in [0.2, 0.25) is 0 Å². The molecule has 0 spiro atoms. The van der Waals surface area contributed by atoms with Gasteiger partial charge in [0.15, 0.2) is 0 Å². The van der Waals surface area contributed by atoms with Gasteiger partial charge in [-0.3, -0.25) is 9.59 Å². The summed E-state index contributed by atoms with van der Waals surface area (Å²) in [5.74, 6) is -1.54. The van der Waals surface area contributed by atoms with E-state index in [2.05, 4.69) is 4.98 Å². The number of aromatic nitrogens is 1. The van der Waals surface area contributed by atoms with Crippen LogP contribution in [0, 0.1) is 6.92 Å². The fourth-order valence-corrected chi connectivity index (χ4v) is 2.94. The average Bonchev–Trinajstić information content (AvgIpc) is 2.46. The molecule has 6 heteroatoms. The van der Waals surface area contributed by atoms with Gasteiger partial charge in [0.1, 0.15) is 11.1 Å². The van der Waals surface area contributed by atoms with Crippen LogP contribution in [0.5, 0.6) is 0 Å². The van der Waals surface area contributed by atoms with Crippen molar-refractivity contribution in [1.29, 1.82) is 0 Å². The molecule has 0 unspecified atom stereocenters. The number of amides is 1. The average molecular weight is 292 g/mol. The number of H-pyrrole nitrogens is 1. The second-order valence-corrected chi connectivity index (χ2v) is 5.65. The van der Waals surface area contributed by atoms with Gasteiger partial charge in [0.05, 0.1) is 0 Å². The highest BCUT2D eigenvalue weighted by Crippen LogP contribution is 2.33. The second-order valence-electron chi connectivity index (χ2n) is 5.65. The van der Waals surface area contributed by atoms with Crippen molar-refractivity contribution in [3.05, 3.63) is 33.7 Å². The normalized spacial score (nSPS) is 17.2. The Bertz CT molecular complexity index is 614. The maximum atomic E-state index is 12.5. The van der Waals surface area contributed by atoms with Gasteiger partial charge in [-0.15, -0.1) is 0 Å². The topological polar surface area (TPSA) is 90.5 Å². The number of aliphatic carboxylic acids is 1. The third kappa shape index (κ3) is 2.70. The molecule has 0 bridgehead atoms. The number of carbonyl (C=O) groups is 2. The highest BCUT2D eigenvalue weighted by atomic mass is 16.4. The number of carboxylic acids is 1. The Balaban J connectivity index is 2.36. The molecule has 2 N–H and O–H groups in total. The fraction of sp³-hybridized carbons (Fsp3) is 0.533. The summed E-state index contributed by atoms with van der Waals surface area (Å²) in [5.41, 5.74) is -1.05. The molecule has 1 aliphatic carbocycles. The summed E-state index contributed by atoms with van der Waals surface area (Å²) in [6.45, 7) is 1.72. The minimum Gasteiger partial charge on any atom is -0.479 e. The first-order valence-electron chi connectivity index (χ1n) is 7.10. The molecule has 1 aromatic rings. The summed E-state index contributed by atoms with van der Waals surface area (Å²) in [4.78, 5) is 39.9. The summed E-state index contributed by atoms with van der Waals surface area (Å²) in [6, 6.07) is 3.09. The van der Waals surface area contributed by atoms with Gasteiger partial charge in [-0.05, 0) is 31.9 Å². The number of hydrogen-bond acceptors (Lipinski definition) is 3. The minimum absolute atomic E-state index is 0.0192. The summed E-state index contributed by atoms with van der Waals surface area (Å²) in [5, 5.41) is 9.59. The van der Waals surface area contributed by atoms with Gasteiger partial charge in [0, 0.05) is 12.7 Å². The molecule has 0 saturated heterocycles. The summed E-state index contributed by atoms with van der Waals surface area (Å²) in [7, 11) is 1.47. The zero-order valence-corrected chi connectivity index (χ0v) is 12.3. The van der Waals surface area contributed by atoms with Crippen molar-refractivity contribution in [3.63, 3.8) is 0 Å². The number of rotatable bonds is 3. The summed E-state index contributed by atoms with van der Waals surface area (Å²) >= 11 is 0. The molecule has 0 aromatic carbocycles. The Labute approximate surface area is 122 Å². The lowest BCUT2D eigenvalue weighted by atomic mass is 9.80. The molecule has 2 rings (SSSR count).